The van der Waals surface area contributed by atoms with E-state index in [9.17, 15) is 0 Å². The first-order valence-corrected chi connectivity index (χ1v) is 8.19. The lowest BCUT2D eigenvalue weighted by Gasteiger charge is -2.11. The number of benzene rings is 2. The van der Waals surface area contributed by atoms with Crippen molar-refractivity contribution < 1.29 is 0 Å². The normalized spacial score (nSPS) is 14.6. The largest absolute Gasteiger partial charge is 0.293 e. The Bertz CT molecular complexity index is 763. The molecule has 112 valence electrons. The number of hydrogen-bond acceptors (Lipinski definition) is 1. The van der Waals surface area contributed by atoms with E-state index in [-0.39, 0.29) is 0 Å². The maximum Gasteiger partial charge on any atom is 0.0389 e. The number of aliphatic imine (C=N–C) groups is 1. The molecule has 0 aromatic heterocycles. The third-order valence-electron chi connectivity index (χ3n) is 4.22. The van der Waals surface area contributed by atoms with E-state index >= 15 is 0 Å². The van der Waals surface area contributed by atoms with Crippen LogP contribution in [0.15, 0.2) is 59.1 Å². The zero-order valence-electron chi connectivity index (χ0n) is 13.5. The highest BCUT2D eigenvalue weighted by molar-refractivity contribution is 6.04. The first-order chi connectivity index (χ1) is 10.8. The van der Waals surface area contributed by atoms with Crippen LogP contribution in [0, 0.1) is 0 Å². The van der Waals surface area contributed by atoms with Crippen LogP contribution in [0.1, 0.15) is 44.2 Å². The van der Waals surface area contributed by atoms with Crippen molar-refractivity contribution in [2.75, 3.05) is 6.54 Å². The topological polar surface area (TPSA) is 12.4 Å². The molecule has 0 radical (unpaired) electrons. The number of unbranched alkanes of at least 4 members (excludes halogenated alkanes) is 1. The Morgan fingerprint density at radius 3 is 2.77 bits per heavy atom. The SMILES string of the molecule is CCCC/N=C/c1c(C2=CC(C)=CC2)ccc2ccccc12. The molecule has 0 heterocycles. The molecule has 0 N–H and O–H groups in total. The lowest BCUT2D eigenvalue weighted by atomic mass is 9.94. The van der Waals surface area contributed by atoms with Crippen LogP contribution in [0.25, 0.3) is 16.3 Å². The summed E-state index contributed by atoms with van der Waals surface area (Å²) in [5, 5.41) is 2.58. The average molecular weight is 289 g/mol. The van der Waals surface area contributed by atoms with Gasteiger partial charge in [0.1, 0.15) is 0 Å². The van der Waals surface area contributed by atoms with Crippen molar-refractivity contribution in [2.24, 2.45) is 4.99 Å². The van der Waals surface area contributed by atoms with Crippen molar-refractivity contribution in [2.45, 2.75) is 33.1 Å². The average Bonchev–Trinajstić information content (AvgIpc) is 2.97. The second-order valence-corrected chi connectivity index (χ2v) is 5.96. The number of rotatable bonds is 5. The van der Waals surface area contributed by atoms with Crippen LogP contribution in [0.5, 0.6) is 0 Å². The zero-order valence-corrected chi connectivity index (χ0v) is 13.5. The Labute approximate surface area is 133 Å². The van der Waals surface area contributed by atoms with Gasteiger partial charge in [0, 0.05) is 18.3 Å². The molecule has 0 saturated heterocycles. The van der Waals surface area contributed by atoms with Crippen LogP contribution in [-0.4, -0.2) is 12.8 Å². The van der Waals surface area contributed by atoms with Gasteiger partial charge in [-0.3, -0.25) is 4.99 Å². The van der Waals surface area contributed by atoms with Gasteiger partial charge >= 0.3 is 0 Å². The molecule has 0 aliphatic heterocycles. The molecule has 3 rings (SSSR count). The molecular formula is C21H23N. The van der Waals surface area contributed by atoms with Crippen LogP contribution in [-0.2, 0) is 0 Å². The van der Waals surface area contributed by atoms with Gasteiger partial charge < -0.3 is 0 Å². The summed E-state index contributed by atoms with van der Waals surface area (Å²) in [6.07, 6.45) is 10.0. The van der Waals surface area contributed by atoms with E-state index in [4.69, 9.17) is 0 Å². The molecule has 2 aromatic rings. The molecule has 1 aliphatic rings. The summed E-state index contributed by atoms with van der Waals surface area (Å²) in [6, 6.07) is 13.1. The molecular weight excluding hydrogens is 266 g/mol. The Morgan fingerprint density at radius 2 is 2.00 bits per heavy atom. The standard InChI is InChI=1S/C21H23N/c1-3-4-13-22-15-21-19-8-6-5-7-17(19)11-12-20(21)18-10-9-16(2)14-18/h5-9,11-12,14-15H,3-4,10,13H2,1-2H3/b22-15+. The molecule has 1 aliphatic carbocycles. The molecule has 1 nitrogen and oxygen atoms in total. The van der Waals surface area contributed by atoms with Gasteiger partial charge in [0.25, 0.3) is 0 Å². The lowest BCUT2D eigenvalue weighted by molar-refractivity contribution is 0.810. The van der Waals surface area contributed by atoms with E-state index in [0.29, 0.717) is 0 Å². The van der Waals surface area contributed by atoms with Crippen molar-refractivity contribution in [3.05, 3.63) is 65.3 Å². The Kier molecular flexibility index (Phi) is 4.53. The van der Waals surface area contributed by atoms with Crippen molar-refractivity contribution in [1.29, 1.82) is 0 Å². The zero-order chi connectivity index (χ0) is 15.4. The molecule has 0 fully saturated rings. The number of fused-ring (bicyclic) bond motifs is 1. The highest BCUT2D eigenvalue weighted by Gasteiger charge is 2.12. The number of nitrogens with zero attached hydrogens (tertiary/aromatic N) is 1. The maximum absolute atomic E-state index is 4.66. The molecule has 0 unspecified atom stereocenters. The van der Waals surface area contributed by atoms with Gasteiger partial charge in [0.05, 0.1) is 0 Å². The van der Waals surface area contributed by atoms with Gasteiger partial charge in [-0.15, -0.1) is 0 Å². The fraction of sp³-hybridized carbons (Fsp3) is 0.286. The third kappa shape index (κ3) is 3.04. The minimum atomic E-state index is 0.912. The van der Waals surface area contributed by atoms with E-state index in [1.807, 2.05) is 0 Å². The third-order valence-corrected chi connectivity index (χ3v) is 4.22. The first-order valence-electron chi connectivity index (χ1n) is 8.19. The van der Waals surface area contributed by atoms with E-state index in [2.05, 4.69) is 73.6 Å². The van der Waals surface area contributed by atoms with Crippen molar-refractivity contribution in [3.8, 4) is 0 Å². The van der Waals surface area contributed by atoms with Crippen LogP contribution in [0.3, 0.4) is 0 Å². The fourth-order valence-corrected chi connectivity index (χ4v) is 2.97. The maximum atomic E-state index is 4.66. The molecule has 0 amide bonds. The Morgan fingerprint density at radius 1 is 1.14 bits per heavy atom. The van der Waals surface area contributed by atoms with Crippen LogP contribution in [0.2, 0.25) is 0 Å². The van der Waals surface area contributed by atoms with Gasteiger partial charge in [0.2, 0.25) is 0 Å². The monoisotopic (exact) mass is 289 g/mol. The van der Waals surface area contributed by atoms with Gasteiger partial charge in [-0.1, -0.05) is 67.5 Å². The van der Waals surface area contributed by atoms with E-state index < -0.39 is 0 Å². The second kappa shape index (κ2) is 6.74. The van der Waals surface area contributed by atoms with E-state index in [1.165, 1.54) is 39.5 Å². The molecule has 0 saturated carbocycles. The summed E-state index contributed by atoms with van der Waals surface area (Å²) in [5.41, 5.74) is 5.35. The quantitative estimate of drug-likeness (QED) is 0.488. The second-order valence-electron chi connectivity index (χ2n) is 5.96. The molecule has 0 atom stereocenters. The number of allylic oxidation sites excluding steroid dienone is 4. The van der Waals surface area contributed by atoms with E-state index in [0.717, 1.165) is 19.4 Å². The minimum Gasteiger partial charge on any atom is -0.293 e. The van der Waals surface area contributed by atoms with Crippen LogP contribution < -0.4 is 0 Å². The summed E-state index contributed by atoms with van der Waals surface area (Å²) in [6.45, 7) is 5.29. The highest BCUT2D eigenvalue weighted by atomic mass is 14.7. The van der Waals surface area contributed by atoms with Gasteiger partial charge in [-0.25, -0.2) is 0 Å². The van der Waals surface area contributed by atoms with Gasteiger partial charge in [-0.05, 0) is 41.7 Å². The summed E-state index contributed by atoms with van der Waals surface area (Å²) < 4.78 is 0. The molecule has 0 spiro atoms. The van der Waals surface area contributed by atoms with Crippen LogP contribution in [0.4, 0.5) is 0 Å². The summed E-state index contributed by atoms with van der Waals surface area (Å²) in [4.78, 5) is 4.66. The molecule has 22 heavy (non-hydrogen) atoms. The molecule has 1 heteroatoms. The predicted molar refractivity (Wildman–Crippen MR) is 97.7 cm³/mol. The first kappa shape index (κ1) is 14.8. The van der Waals surface area contributed by atoms with Crippen molar-refractivity contribution in [1.82, 2.24) is 0 Å². The smallest absolute Gasteiger partial charge is 0.0389 e. The van der Waals surface area contributed by atoms with Crippen LogP contribution >= 0.6 is 0 Å². The minimum absolute atomic E-state index is 0.912. The summed E-state index contributed by atoms with van der Waals surface area (Å²) in [7, 11) is 0. The summed E-state index contributed by atoms with van der Waals surface area (Å²) >= 11 is 0. The molecule has 2 aromatic carbocycles. The van der Waals surface area contributed by atoms with Crippen molar-refractivity contribution >= 4 is 22.6 Å². The van der Waals surface area contributed by atoms with Gasteiger partial charge in [0.15, 0.2) is 0 Å². The van der Waals surface area contributed by atoms with Gasteiger partial charge in [-0.2, -0.15) is 0 Å². The summed E-state index contributed by atoms with van der Waals surface area (Å²) in [5.74, 6) is 0. The highest BCUT2D eigenvalue weighted by Crippen LogP contribution is 2.32. The number of hydrogen-bond donors (Lipinski definition) is 0. The Balaban J connectivity index is 2.07. The van der Waals surface area contributed by atoms with Crippen molar-refractivity contribution in [3.63, 3.8) is 0 Å². The predicted octanol–water partition coefficient (Wildman–Crippen LogP) is 5.79. The Hall–Kier alpha value is -2.15. The van der Waals surface area contributed by atoms with E-state index in [1.54, 1.807) is 0 Å². The lowest BCUT2D eigenvalue weighted by Crippen LogP contribution is -1.95. The fourth-order valence-electron chi connectivity index (χ4n) is 2.97. The molecule has 0 bridgehead atoms.